The zero-order valence-electron chi connectivity index (χ0n) is 16.4. The number of amides is 1. The van der Waals surface area contributed by atoms with Crippen LogP contribution in [0.1, 0.15) is 13.3 Å². The SMILES string of the molecule is CNC1=C(C(=N)n2ccc3cc(-c4cnn(C)c4)ccc32)CN(C(C)=O)CC1. The molecule has 1 aliphatic rings. The maximum absolute atomic E-state index is 11.8. The highest BCUT2D eigenvalue weighted by molar-refractivity contribution is 6.05. The number of hydrogen-bond acceptors (Lipinski definition) is 4. The van der Waals surface area contributed by atoms with Crippen LogP contribution in [0.4, 0.5) is 0 Å². The summed E-state index contributed by atoms with van der Waals surface area (Å²) in [7, 11) is 3.78. The Labute approximate surface area is 163 Å². The average Bonchev–Trinajstić information content (AvgIpc) is 3.32. The smallest absolute Gasteiger partial charge is 0.219 e. The number of rotatable bonds is 3. The van der Waals surface area contributed by atoms with Crippen molar-refractivity contribution in [3.63, 3.8) is 0 Å². The van der Waals surface area contributed by atoms with Crippen molar-refractivity contribution in [2.24, 2.45) is 7.05 Å². The van der Waals surface area contributed by atoms with Crippen molar-refractivity contribution in [1.82, 2.24) is 24.6 Å². The highest BCUT2D eigenvalue weighted by atomic mass is 16.2. The van der Waals surface area contributed by atoms with Gasteiger partial charge in [0.25, 0.3) is 0 Å². The largest absolute Gasteiger partial charge is 0.391 e. The molecular weight excluding hydrogens is 352 g/mol. The summed E-state index contributed by atoms with van der Waals surface area (Å²) in [4.78, 5) is 13.6. The van der Waals surface area contributed by atoms with Gasteiger partial charge in [-0.25, -0.2) is 0 Å². The third-order valence-electron chi connectivity index (χ3n) is 5.35. The molecule has 1 aromatic carbocycles. The van der Waals surface area contributed by atoms with Crippen molar-refractivity contribution in [3.8, 4) is 11.1 Å². The number of hydrogen-bond donors (Lipinski definition) is 2. The Morgan fingerprint density at radius 3 is 2.75 bits per heavy atom. The second-order valence-corrected chi connectivity index (χ2v) is 7.11. The zero-order valence-corrected chi connectivity index (χ0v) is 16.4. The second-order valence-electron chi connectivity index (χ2n) is 7.11. The summed E-state index contributed by atoms with van der Waals surface area (Å²) in [6, 6.07) is 8.23. The van der Waals surface area contributed by atoms with Gasteiger partial charge in [-0.05, 0) is 23.8 Å². The van der Waals surface area contributed by atoms with Crippen LogP contribution in [-0.4, -0.2) is 51.1 Å². The molecule has 0 saturated heterocycles. The Bertz CT molecular complexity index is 1100. The fourth-order valence-corrected chi connectivity index (χ4v) is 3.76. The summed E-state index contributed by atoms with van der Waals surface area (Å²) < 4.78 is 3.68. The molecule has 3 aromatic rings. The highest BCUT2D eigenvalue weighted by Crippen LogP contribution is 2.26. The summed E-state index contributed by atoms with van der Waals surface area (Å²) in [6.07, 6.45) is 6.50. The number of carbonyl (C=O) groups excluding carboxylic acids is 1. The van der Waals surface area contributed by atoms with E-state index < -0.39 is 0 Å². The van der Waals surface area contributed by atoms with Crippen molar-refractivity contribution < 1.29 is 4.79 Å². The topological polar surface area (TPSA) is 78.9 Å². The molecule has 1 aliphatic heterocycles. The van der Waals surface area contributed by atoms with Crippen LogP contribution in [-0.2, 0) is 11.8 Å². The Balaban J connectivity index is 1.71. The van der Waals surface area contributed by atoms with Crippen molar-refractivity contribution >= 4 is 22.6 Å². The van der Waals surface area contributed by atoms with Crippen LogP contribution in [0.25, 0.3) is 22.0 Å². The Hall–Kier alpha value is -3.35. The van der Waals surface area contributed by atoms with Gasteiger partial charge in [-0.1, -0.05) is 6.07 Å². The molecule has 28 heavy (non-hydrogen) atoms. The van der Waals surface area contributed by atoms with Crippen LogP contribution < -0.4 is 5.32 Å². The van der Waals surface area contributed by atoms with E-state index in [0.717, 1.165) is 39.7 Å². The third kappa shape index (κ3) is 3.09. The van der Waals surface area contributed by atoms with Gasteiger partial charge >= 0.3 is 0 Å². The number of nitrogens with zero attached hydrogens (tertiary/aromatic N) is 4. The number of aromatic nitrogens is 3. The van der Waals surface area contributed by atoms with Gasteiger partial charge < -0.3 is 14.8 Å². The van der Waals surface area contributed by atoms with E-state index in [-0.39, 0.29) is 5.91 Å². The first kappa shape index (κ1) is 18.0. The van der Waals surface area contributed by atoms with Crippen LogP contribution in [0.15, 0.2) is 54.1 Å². The average molecular weight is 376 g/mol. The van der Waals surface area contributed by atoms with E-state index in [1.807, 2.05) is 49.4 Å². The molecule has 0 saturated carbocycles. The maximum Gasteiger partial charge on any atom is 0.219 e. The van der Waals surface area contributed by atoms with Crippen LogP contribution in [0.5, 0.6) is 0 Å². The van der Waals surface area contributed by atoms with Crippen molar-refractivity contribution in [3.05, 3.63) is 54.1 Å². The molecule has 0 aliphatic carbocycles. The van der Waals surface area contributed by atoms with Gasteiger partial charge in [0.2, 0.25) is 5.91 Å². The van der Waals surface area contributed by atoms with Crippen molar-refractivity contribution in [1.29, 1.82) is 5.41 Å². The molecule has 2 N–H and O–H groups in total. The molecule has 0 bridgehead atoms. The van der Waals surface area contributed by atoms with E-state index in [0.29, 0.717) is 18.9 Å². The molecule has 0 fully saturated rings. The van der Waals surface area contributed by atoms with Crippen molar-refractivity contribution in [2.75, 3.05) is 20.1 Å². The van der Waals surface area contributed by atoms with E-state index in [9.17, 15) is 4.79 Å². The number of nitrogens with one attached hydrogen (secondary N) is 2. The molecule has 0 spiro atoms. The molecule has 7 nitrogen and oxygen atoms in total. The monoisotopic (exact) mass is 376 g/mol. The predicted molar refractivity (Wildman–Crippen MR) is 110 cm³/mol. The highest BCUT2D eigenvalue weighted by Gasteiger charge is 2.24. The lowest BCUT2D eigenvalue weighted by atomic mass is 10.0. The van der Waals surface area contributed by atoms with Gasteiger partial charge in [0.05, 0.1) is 18.3 Å². The summed E-state index contributed by atoms with van der Waals surface area (Å²) >= 11 is 0. The number of carbonyl (C=O) groups is 1. The van der Waals surface area contributed by atoms with Gasteiger partial charge in [-0.15, -0.1) is 0 Å². The lowest BCUT2D eigenvalue weighted by Gasteiger charge is -2.30. The van der Waals surface area contributed by atoms with E-state index in [1.165, 1.54) is 0 Å². The Kier molecular flexibility index (Phi) is 4.50. The van der Waals surface area contributed by atoms with E-state index >= 15 is 0 Å². The van der Waals surface area contributed by atoms with Gasteiger partial charge in [0.1, 0.15) is 5.84 Å². The predicted octanol–water partition coefficient (Wildman–Crippen LogP) is 2.59. The standard InChI is InChI=1S/C21H24N6O/c1-14(28)26-8-7-19(23-2)18(13-26)21(22)27-9-6-16-10-15(4-5-20(16)27)17-11-24-25(3)12-17/h4-6,9-12,22-23H,7-8,13H2,1-3H3. The van der Waals surface area contributed by atoms with Crippen LogP contribution in [0.3, 0.4) is 0 Å². The Morgan fingerprint density at radius 1 is 1.25 bits per heavy atom. The summed E-state index contributed by atoms with van der Waals surface area (Å²) in [5.41, 5.74) is 5.02. The third-order valence-corrected chi connectivity index (χ3v) is 5.35. The molecular formula is C21H24N6O. The molecule has 0 radical (unpaired) electrons. The Morgan fingerprint density at radius 2 is 2.07 bits per heavy atom. The maximum atomic E-state index is 11.8. The van der Waals surface area contributed by atoms with Crippen LogP contribution >= 0.6 is 0 Å². The van der Waals surface area contributed by atoms with Gasteiger partial charge in [-0.2, -0.15) is 5.10 Å². The lowest BCUT2D eigenvalue weighted by Crippen LogP contribution is -2.40. The molecule has 0 unspecified atom stereocenters. The second kappa shape index (κ2) is 6.99. The minimum absolute atomic E-state index is 0.0407. The molecule has 7 heteroatoms. The van der Waals surface area contributed by atoms with E-state index in [2.05, 4.69) is 22.5 Å². The fraction of sp³-hybridized carbons (Fsp3) is 0.286. The van der Waals surface area contributed by atoms with Crippen LogP contribution in [0.2, 0.25) is 0 Å². The summed E-state index contributed by atoms with van der Waals surface area (Å²) in [5.74, 6) is 0.443. The zero-order chi connectivity index (χ0) is 19.8. The molecule has 144 valence electrons. The minimum Gasteiger partial charge on any atom is -0.391 e. The fourth-order valence-electron chi connectivity index (χ4n) is 3.76. The molecule has 2 aromatic heterocycles. The summed E-state index contributed by atoms with van der Waals surface area (Å²) in [5, 5.41) is 17.3. The van der Waals surface area contributed by atoms with E-state index in [1.54, 1.807) is 16.5 Å². The van der Waals surface area contributed by atoms with Gasteiger partial charge in [-0.3, -0.25) is 14.9 Å². The summed E-state index contributed by atoms with van der Waals surface area (Å²) in [6.45, 7) is 2.72. The van der Waals surface area contributed by atoms with E-state index in [4.69, 9.17) is 5.41 Å². The van der Waals surface area contributed by atoms with Crippen molar-refractivity contribution in [2.45, 2.75) is 13.3 Å². The molecule has 3 heterocycles. The quantitative estimate of drug-likeness (QED) is 0.545. The van der Waals surface area contributed by atoms with Crippen LogP contribution in [0, 0.1) is 5.41 Å². The number of benzene rings is 1. The number of fused-ring (bicyclic) bond motifs is 1. The first-order valence-corrected chi connectivity index (χ1v) is 9.32. The molecule has 4 rings (SSSR count). The van der Waals surface area contributed by atoms with Gasteiger partial charge in [0.15, 0.2) is 0 Å². The first-order chi connectivity index (χ1) is 13.5. The first-order valence-electron chi connectivity index (χ1n) is 9.32. The minimum atomic E-state index is 0.0407. The molecule has 0 atom stereocenters. The number of aryl methyl sites for hydroxylation is 1. The molecule has 1 amide bonds. The van der Waals surface area contributed by atoms with Gasteiger partial charge in [0, 0.05) is 68.6 Å². The normalized spacial score (nSPS) is 14.6. The lowest BCUT2D eigenvalue weighted by molar-refractivity contribution is -0.128.